The van der Waals surface area contributed by atoms with E-state index in [-0.39, 0.29) is 23.9 Å². The quantitative estimate of drug-likeness (QED) is 0.787. The van der Waals surface area contributed by atoms with Crippen molar-refractivity contribution in [2.45, 2.75) is 51.2 Å². The van der Waals surface area contributed by atoms with Gasteiger partial charge in [0.15, 0.2) is 0 Å². The van der Waals surface area contributed by atoms with Crippen LogP contribution in [0, 0.1) is 11.8 Å². The van der Waals surface area contributed by atoms with Gasteiger partial charge in [-0.15, -0.1) is 0 Å². The molecule has 0 aliphatic carbocycles. The zero-order valence-corrected chi connectivity index (χ0v) is 16.8. The van der Waals surface area contributed by atoms with Gasteiger partial charge in [0.2, 0.25) is 11.8 Å². The average molecular weight is 399 g/mol. The topological polar surface area (TPSA) is 90.0 Å². The second kappa shape index (κ2) is 8.14. The summed E-state index contributed by atoms with van der Waals surface area (Å²) >= 11 is 0. The van der Waals surface area contributed by atoms with Crippen LogP contribution in [0.2, 0.25) is 0 Å². The first kappa shape index (κ1) is 19.9. The predicted molar refractivity (Wildman–Crippen MR) is 107 cm³/mol. The smallest absolute Gasteiger partial charge is 0.335 e. The molecule has 1 aromatic rings. The molecule has 2 amide bonds. The molecule has 29 heavy (non-hydrogen) atoms. The fraction of sp³-hybridized carbons (Fsp3) is 0.591. The van der Waals surface area contributed by atoms with Gasteiger partial charge in [-0.1, -0.05) is 12.1 Å². The number of benzene rings is 1. The van der Waals surface area contributed by atoms with Gasteiger partial charge in [0.1, 0.15) is 0 Å². The molecule has 3 aliphatic rings. The number of piperidine rings is 3. The van der Waals surface area contributed by atoms with Crippen LogP contribution in [-0.4, -0.2) is 64.4 Å². The van der Waals surface area contributed by atoms with Crippen molar-refractivity contribution in [3.63, 3.8) is 0 Å². The molecule has 156 valence electrons. The lowest BCUT2D eigenvalue weighted by atomic mass is 9.72. The van der Waals surface area contributed by atoms with Crippen LogP contribution in [0.1, 0.15) is 48.5 Å². The van der Waals surface area contributed by atoms with E-state index in [0.29, 0.717) is 36.9 Å². The molecule has 0 unspecified atom stereocenters. The summed E-state index contributed by atoms with van der Waals surface area (Å²) < 4.78 is 0. The number of nitrogens with zero attached hydrogens (tertiary/aromatic N) is 2. The van der Waals surface area contributed by atoms with E-state index in [1.807, 2.05) is 6.07 Å². The van der Waals surface area contributed by atoms with E-state index < -0.39 is 5.97 Å². The molecule has 0 aromatic heterocycles. The number of likely N-dealkylation sites (tertiary alicyclic amines) is 1. The number of hydrogen-bond donors (Lipinski definition) is 2. The molecule has 3 aliphatic heterocycles. The molecular formula is C22H29N3O4. The van der Waals surface area contributed by atoms with Crippen LogP contribution < -0.4 is 5.32 Å². The zero-order valence-electron chi connectivity index (χ0n) is 16.8. The van der Waals surface area contributed by atoms with Crippen LogP contribution in [0.4, 0.5) is 0 Å². The molecule has 3 saturated heterocycles. The van der Waals surface area contributed by atoms with Crippen molar-refractivity contribution in [2.24, 2.45) is 11.8 Å². The fourth-order valence-corrected chi connectivity index (χ4v) is 5.57. The van der Waals surface area contributed by atoms with E-state index in [4.69, 9.17) is 0 Å². The van der Waals surface area contributed by atoms with Crippen LogP contribution in [0.3, 0.4) is 0 Å². The highest BCUT2D eigenvalue weighted by Gasteiger charge is 2.49. The number of carboxylic acid groups (broad SMARTS) is 1. The third-order valence-corrected chi connectivity index (χ3v) is 6.71. The molecule has 4 atom stereocenters. The first-order valence-corrected chi connectivity index (χ1v) is 10.5. The third kappa shape index (κ3) is 4.15. The summed E-state index contributed by atoms with van der Waals surface area (Å²) in [5, 5.41) is 12.2. The van der Waals surface area contributed by atoms with Crippen LogP contribution in [0.15, 0.2) is 24.3 Å². The third-order valence-electron chi connectivity index (χ3n) is 6.71. The summed E-state index contributed by atoms with van der Waals surface area (Å²) in [6, 6.07) is 7.43. The van der Waals surface area contributed by atoms with Crippen LogP contribution in [0.25, 0.3) is 0 Å². The Bertz CT molecular complexity index is 811. The summed E-state index contributed by atoms with van der Waals surface area (Å²) in [5.41, 5.74) is 1.31. The molecule has 3 heterocycles. The second-order valence-electron chi connectivity index (χ2n) is 8.72. The summed E-state index contributed by atoms with van der Waals surface area (Å²) in [6.07, 6.45) is 3.67. The monoisotopic (exact) mass is 399 g/mol. The maximum atomic E-state index is 12.7. The molecule has 3 fully saturated rings. The van der Waals surface area contributed by atoms with E-state index in [1.54, 1.807) is 18.2 Å². The normalized spacial score (nSPS) is 29.3. The van der Waals surface area contributed by atoms with Crippen LogP contribution in [-0.2, 0) is 16.1 Å². The Hall–Kier alpha value is -2.41. The van der Waals surface area contributed by atoms with Crippen LogP contribution >= 0.6 is 0 Å². The highest BCUT2D eigenvalue weighted by atomic mass is 16.4. The lowest BCUT2D eigenvalue weighted by Gasteiger charge is -2.56. The van der Waals surface area contributed by atoms with Gasteiger partial charge in [-0.3, -0.25) is 14.5 Å². The van der Waals surface area contributed by atoms with E-state index >= 15 is 0 Å². The minimum atomic E-state index is -0.908. The van der Waals surface area contributed by atoms with E-state index in [9.17, 15) is 19.5 Å². The van der Waals surface area contributed by atoms with Gasteiger partial charge in [-0.05, 0) is 48.8 Å². The van der Waals surface area contributed by atoms with Crippen LogP contribution in [0.5, 0.6) is 0 Å². The summed E-state index contributed by atoms with van der Waals surface area (Å²) in [4.78, 5) is 40.0. The largest absolute Gasteiger partial charge is 0.478 e. The SMILES string of the molecule is CC(=O)NC[C@H]1[C@H]2C[C@H](CN(Cc3cccc(C(=O)O)c3)C2)[C@@H]2CCCC(=O)N21. The number of carboxylic acids is 1. The lowest BCUT2D eigenvalue weighted by Crippen LogP contribution is -2.66. The lowest BCUT2D eigenvalue weighted by molar-refractivity contribution is -0.153. The molecule has 0 spiro atoms. The van der Waals surface area contributed by atoms with Crippen molar-refractivity contribution in [1.29, 1.82) is 0 Å². The molecule has 7 heteroatoms. The van der Waals surface area contributed by atoms with Gasteiger partial charge in [-0.2, -0.15) is 0 Å². The molecule has 1 aromatic carbocycles. The molecule has 0 radical (unpaired) electrons. The van der Waals surface area contributed by atoms with Crippen molar-refractivity contribution in [3.8, 4) is 0 Å². The molecular weight excluding hydrogens is 370 g/mol. The molecule has 7 nitrogen and oxygen atoms in total. The number of carbonyl (C=O) groups is 3. The number of amides is 2. The minimum absolute atomic E-state index is 0.0427. The number of nitrogens with one attached hydrogen (secondary N) is 1. The van der Waals surface area contributed by atoms with Gasteiger partial charge in [0.25, 0.3) is 0 Å². The molecule has 2 bridgehead atoms. The van der Waals surface area contributed by atoms with E-state index in [1.165, 1.54) is 6.92 Å². The minimum Gasteiger partial charge on any atom is -0.478 e. The van der Waals surface area contributed by atoms with Crippen molar-refractivity contribution in [2.75, 3.05) is 19.6 Å². The van der Waals surface area contributed by atoms with Crippen molar-refractivity contribution >= 4 is 17.8 Å². The zero-order chi connectivity index (χ0) is 20.5. The molecule has 2 N–H and O–H groups in total. The summed E-state index contributed by atoms with van der Waals surface area (Å²) in [7, 11) is 0. The standard InChI is InChI=1S/C22H29N3O4/c1-14(26)23-10-20-18-9-17(19-6-3-7-21(27)25(19)20)12-24(13-18)11-15-4-2-5-16(8-15)22(28)29/h2,4-5,8,17-20H,3,6-7,9-13H2,1H3,(H,23,26)(H,28,29)/t17-,18+,19+,20+/m1/s1. The van der Waals surface area contributed by atoms with Crippen molar-refractivity contribution in [3.05, 3.63) is 35.4 Å². The number of aromatic carboxylic acids is 1. The van der Waals surface area contributed by atoms with Gasteiger partial charge in [0, 0.05) is 45.6 Å². The Morgan fingerprint density at radius 1 is 1.24 bits per heavy atom. The van der Waals surface area contributed by atoms with Gasteiger partial charge >= 0.3 is 5.97 Å². The van der Waals surface area contributed by atoms with E-state index in [0.717, 1.165) is 37.9 Å². The Kier molecular flexibility index (Phi) is 5.58. The summed E-state index contributed by atoms with van der Waals surface area (Å²) in [6.45, 7) is 4.52. The van der Waals surface area contributed by atoms with Gasteiger partial charge in [-0.25, -0.2) is 4.79 Å². The van der Waals surface area contributed by atoms with Crippen molar-refractivity contribution < 1.29 is 19.5 Å². The predicted octanol–water partition coefficient (Wildman–Crippen LogP) is 1.72. The van der Waals surface area contributed by atoms with Gasteiger partial charge < -0.3 is 15.3 Å². The number of hydrogen-bond acceptors (Lipinski definition) is 4. The molecule has 4 rings (SSSR count). The van der Waals surface area contributed by atoms with Crippen molar-refractivity contribution in [1.82, 2.24) is 15.1 Å². The summed E-state index contributed by atoms with van der Waals surface area (Å²) in [5.74, 6) is 0.0186. The Labute approximate surface area is 171 Å². The maximum Gasteiger partial charge on any atom is 0.335 e. The number of carbonyl (C=O) groups excluding carboxylic acids is 2. The Morgan fingerprint density at radius 3 is 2.79 bits per heavy atom. The van der Waals surface area contributed by atoms with Gasteiger partial charge in [0.05, 0.1) is 11.6 Å². The van der Waals surface area contributed by atoms with E-state index in [2.05, 4.69) is 15.1 Å². The number of rotatable bonds is 5. The number of fused-ring (bicyclic) bond motifs is 4. The first-order chi connectivity index (χ1) is 13.9. The Balaban J connectivity index is 1.53. The maximum absolute atomic E-state index is 12.7. The highest BCUT2D eigenvalue weighted by Crippen LogP contribution is 2.41. The Morgan fingerprint density at radius 2 is 2.03 bits per heavy atom. The first-order valence-electron chi connectivity index (χ1n) is 10.5. The second-order valence-corrected chi connectivity index (χ2v) is 8.72. The highest BCUT2D eigenvalue weighted by molar-refractivity contribution is 5.87. The molecule has 0 saturated carbocycles. The fourth-order valence-electron chi connectivity index (χ4n) is 5.57. The average Bonchev–Trinajstić information content (AvgIpc) is 2.68.